The highest BCUT2D eigenvalue weighted by molar-refractivity contribution is 5.64. The molecule has 2 nitrogen and oxygen atoms in total. The van der Waals surface area contributed by atoms with Gasteiger partial charge < -0.3 is 10.1 Å². The molecule has 12 heavy (non-hydrogen) atoms. The first-order valence-electron chi connectivity index (χ1n) is 3.76. The van der Waals surface area contributed by atoms with E-state index >= 15 is 0 Å². The summed E-state index contributed by atoms with van der Waals surface area (Å²) in [7, 11) is 0. The Morgan fingerprint density at radius 1 is 1.42 bits per heavy atom. The van der Waals surface area contributed by atoms with Crippen molar-refractivity contribution in [3.63, 3.8) is 0 Å². The molecule has 1 aromatic rings. The molecule has 0 aliphatic heterocycles. The molecule has 0 aliphatic rings. The second kappa shape index (κ2) is 4.34. The zero-order valence-electron chi connectivity index (χ0n) is 6.79. The Balaban J connectivity index is 2.59. The number of rotatable bonds is 4. The third-order valence-corrected chi connectivity index (χ3v) is 1.52. The number of aldehydes is 1. The fourth-order valence-electron chi connectivity index (χ4n) is 0.906. The van der Waals surface area contributed by atoms with Crippen LogP contribution in [-0.2, 0) is 4.79 Å². The molecule has 1 aromatic carbocycles. The first kappa shape index (κ1) is 8.53. The molecule has 0 amide bonds. The molecule has 2 heteroatoms. The molecule has 62 valence electrons. The minimum atomic E-state index is 0.313. The van der Waals surface area contributed by atoms with Crippen LogP contribution in [0.4, 0.5) is 0 Å². The smallest absolute Gasteiger partial charge is 0.139 e. The Hall–Kier alpha value is -1.57. The van der Waals surface area contributed by atoms with Crippen LogP contribution in [0.1, 0.15) is 5.56 Å². The number of nitrogens with one attached hydrogen (secondary N) is 1. The van der Waals surface area contributed by atoms with Gasteiger partial charge in [-0.3, -0.25) is 0 Å². The number of hydrogen-bond donors (Lipinski definition) is 1. The number of carbonyl (C=O) groups excluding carboxylic acids is 1. The van der Waals surface area contributed by atoms with Crippen molar-refractivity contribution in [1.29, 1.82) is 0 Å². The molecule has 0 radical (unpaired) electrons. The fraction of sp³-hybridized carbons (Fsp3) is 0.100. The average molecular weight is 161 g/mol. The van der Waals surface area contributed by atoms with E-state index in [1.54, 1.807) is 0 Å². The van der Waals surface area contributed by atoms with Crippen molar-refractivity contribution in [2.45, 2.75) is 0 Å². The second-order valence-electron chi connectivity index (χ2n) is 2.39. The third-order valence-electron chi connectivity index (χ3n) is 1.52. The van der Waals surface area contributed by atoms with Gasteiger partial charge in [0.25, 0.3) is 0 Å². The predicted molar refractivity (Wildman–Crippen MR) is 49.5 cm³/mol. The normalized spacial score (nSPS) is 9.00. The second-order valence-corrected chi connectivity index (χ2v) is 2.39. The monoisotopic (exact) mass is 161 g/mol. The minimum absolute atomic E-state index is 0.313. The van der Waals surface area contributed by atoms with Gasteiger partial charge in [0.05, 0.1) is 6.54 Å². The van der Waals surface area contributed by atoms with Gasteiger partial charge in [0.15, 0.2) is 0 Å². The molecule has 0 fully saturated rings. The molecule has 0 atom stereocenters. The lowest BCUT2D eigenvalue weighted by molar-refractivity contribution is -0.107. The van der Waals surface area contributed by atoms with Gasteiger partial charge in [0, 0.05) is 5.70 Å². The lowest BCUT2D eigenvalue weighted by atomic mass is 10.2. The molecule has 0 bridgehead atoms. The van der Waals surface area contributed by atoms with E-state index in [-0.39, 0.29) is 0 Å². The Morgan fingerprint density at radius 2 is 2.08 bits per heavy atom. The van der Waals surface area contributed by atoms with Gasteiger partial charge in [-0.2, -0.15) is 0 Å². The Bertz CT molecular complexity index is 266. The van der Waals surface area contributed by atoms with Crippen LogP contribution in [0.15, 0.2) is 36.9 Å². The van der Waals surface area contributed by atoms with Crippen molar-refractivity contribution in [2.24, 2.45) is 0 Å². The van der Waals surface area contributed by atoms with E-state index in [9.17, 15) is 4.79 Å². The summed E-state index contributed by atoms with van der Waals surface area (Å²) in [5.74, 6) is 0. The Kier molecular flexibility index (Phi) is 3.08. The molecule has 1 rings (SSSR count). The van der Waals surface area contributed by atoms with Gasteiger partial charge in [-0.05, 0) is 5.56 Å². The quantitative estimate of drug-likeness (QED) is 0.677. The topological polar surface area (TPSA) is 29.1 Å². The summed E-state index contributed by atoms with van der Waals surface area (Å²) in [6, 6.07) is 9.70. The van der Waals surface area contributed by atoms with Crippen LogP contribution >= 0.6 is 0 Å². The zero-order valence-corrected chi connectivity index (χ0v) is 6.79. The van der Waals surface area contributed by atoms with E-state index in [4.69, 9.17) is 0 Å². The molecule has 0 saturated carbocycles. The predicted octanol–water partition coefficient (Wildman–Crippen LogP) is 1.45. The van der Waals surface area contributed by atoms with E-state index in [2.05, 4.69) is 11.9 Å². The first-order valence-corrected chi connectivity index (χ1v) is 3.76. The van der Waals surface area contributed by atoms with E-state index < -0.39 is 0 Å². The summed E-state index contributed by atoms with van der Waals surface area (Å²) in [5.41, 5.74) is 1.79. The summed E-state index contributed by atoms with van der Waals surface area (Å²) in [5, 5.41) is 2.89. The van der Waals surface area contributed by atoms with Gasteiger partial charge in [-0.15, -0.1) is 0 Å². The maximum atomic E-state index is 10.0. The van der Waals surface area contributed by atoms with Gasteiger partial charge in [-0.1, -0.05) is 36.9 Å². The zero-order chi connectivity index (χ0) is 8.81. The van der Waals surface area contributed by atoms with Crippen molar-refractivity contribution in [1.82, 2.24) is 5.32 Å². The average Bonchev–Trinajstić information content (AvgIpc) is 2.15. The largest absolute Gasteiger partial charge is 0.378 e. The summed E-state index contributed by atoms with van der Waals surface area (Å²) in [6.07, 6.45) is 0.814. The van der Waals surface area contributed by atoms with E-state index in [1.165, 1.54) is 0 Å². The van der Waals surface area contributed by atoms with Crippen molar-refractivity contribution in [3.05, 3.63) is 42.5 Å². The Labute approximate surface area is 71.9 Å². The van der Waals surface area contributed by atoms with Crippen LogP contribution in [0.5, 0.6) is 0 Å². The first-order chi connectivity index (χ1) is 5.84. The molecule has 0 saturated heterocycles. The molecular formula is C10H11NO. The number of benzene rings is 1. The van der Waals surface area contributed by atoms with Gasteiger partial charge in [0.1, 0.15) is 6.29 Å². The number of hydrogen-bond acceptors (Lipinski definition) is 2. The number of carbonyl (C=O) groups is 1. The van der Waals surface area contributed by atoms with Gasteiger partial charge >= 0.3 is 0 Å². The maximum absolute atomic E-state index is 10.0. The molecule has 1 N–H and O–H groups in total. The van der Waals surface area contributed by atoms with Gasteiger partial charge in [0.2, 0.25) is 0 Å². The maximum Gasteiger partial charge on any atom is 0.139 e. The van der Waals surface area contributed by atoms with Crippen LogP contribution in [0.3, 0.4) is 0 Å². The summed E-state index contributed by atoms with van der Waals surface area (Å²) in [6.45, 7) is 4.11. The van der Waals surface area contributed by atoms with Gasteiger partial charge in [-0.25, -0.2) is 0 Å². The Morgan fingerprint density at radius 3 is 2.67 bits per heavy atom. The van der Waals surface area contributed by atoms with Crippen molar-refractivity contribution >= 4 is 12.0 Å². The van der Waals surface area contributed by atoms with E-state index in [0.717, 1.165) is 17.5 Å². The molecular weight excluding hydrogens is 150 g/mol. The molecule has 0 heterocycles. The SMILES string of the molecule is C=C(NCC=O)c1ccccc1. The van der Waals surface area contributed by atoms with Crippen molar-refractivity contribution < 1.29 is 4.79 Å². The highest BCUT2D eigenvalue weighted by Gasteiger charge is 1.93. The molecule has 0 unspecified atom stereocenters. The molecule has 0 aliphatic carbocycles. The standard InChI is InChI=1S/C10H11NO/c1-9(11-7-8-12)10-5-3-2-4-6-10/h2-6,8,11H,1,7H2. The van der Waals surface area contributed by atoms with Crippen LogP contribution < -0.4 is 5.32 Å². The van der Waals surface area contributed by atoms with Crippen LogP contribution in [-0.4, -0.2) is 12.8 Å². The summed E-state index contributed by atoms with van der Waals surface area (Å²) < 4.78 is 0. The summed E-state index contributed by atoms with van der Waals surface area (Å²) in [4.78, 5) is 10.0. The lowest BCUT2D eigenvalue weighted by Crippen LogP contribution is -2.13. The highest BCUT2D eigenvalue weighted by atomic mass is 16.1. The van der Waals surface area contributed by atoms with Crippen LogP contribution in [0.25, 0.3) is 5.70 Å². The minimum Gasteiger partial charge on any atom is -0.378 e. The molecule has 0 aromatic heterocycles. The van der Waals surface area contributed by atoms with E-state index in [0.29, 0.717) is 6.54 Å². The fourth-order valence-corrected chi connectivity index (χ4v) is 0.906. The third kappa shape index (κ3) is 2.23. The molecule has 0 spiro atoms. The van der Waals surface area contributed by atoms with Crippen LogP contribution in [0.2, 0.25) is 0 Å². The van der Waals surface area contributed by atoms with Crippen molar-refractivity contribution in [3.8, 4) is 0 Å². The van der Waals surface area contributed by atoms with Crippen LogP contribution in [0, 0.1) is 0 Å². The van der Waals surface area contributed by atoms with Crippen molar-refractivity contribution in [2.75, 3.05) is 6.54 Å². The summed E-state index contributed by atoms with van der Waals surface area (Å²) >= 11 is 0. The highest BCUT2D eigenvalue weighted by Crippen LogP contribution is 2.06. The lowest BCUT2D eigenvalue weighted by Gasteiger charge is -2.05. The van der Waals surface area contributed by atoms with E-state index in [1.807, 2.05) is 30.3 Å².